The van der Waals surface area contributed by atoms with Gasteiger partial charge in [0, 0.05) is 15.8 Å². The van der Waals surface area contributed by atoms with Crippen LogP contribution in [0.3, 0.4) is 0 Å². The molecule has 2 heterocycles. The molecule has 3 rings (SSSR count). The van der Waals surface area contributed by atoms with Crippen LogP contribution < -0.4 is 5.32 Å². The standard InChI is InChI=1S/C15H13N3OS3/c1-10(21-12-5-3-2-4-6-12)13(19)16-15-18-17-14(22-15)11-7-8-20-9-11/h2-10H,1H3,(H,16,18,19). The van der Waals surface area contributed by atoms with Crippen LogP contribution in [-0.4, -0.2) is 21.4 Å². The van der Waals surface area contributed by atoms with Crippen LogP contribution in [0, 0.1) is 0 Å². The first-order valence-electron chi connectivity index (χ1n) is 6.61. The van der Waals surface area contributed by atoms with Crippen molar-refractivity contribution in [2.24, 2.45) is 0 Å². The molecule has 7 heteroatoms. The summed E-state index contributed by atoms with van der Waals surface area (Å²) in [5.74, 6) is -0.0677. The van der Waals surface area contributed by atoms with Crippen molar-refractivity contribution in [3.8, 4) is 10.6 Å². The first-order chi connectivity index (χ1) is 10.7. The third-order valence-electron chi connectivity index (χ3n) is 2.85. The lowest BCUT2D eigenvalue weighted by Gasteiger charge is -2.09. The molecule has 112 valence electrons. The zero-order valence-electron chi connectivity index (χ0n) is 11.7. The molecule has 0 aliphatic heterocycles. The zero-order valence-corrected chi connectivity index (χ0v) is 14.2. The molecule has 0 spiro atoms. The maximum atomic E-state index is 12.2. The topological polar surface area (TPSA) is 54.9 Å². The van der Waals surface area contributed by atoms with Gasteiger partial charge in [0.2, 0.25) is 11.0 Å². The molecule has 0 saturated heterocycles. The monoisotopic (exact) mass is 347 g/mol. The molecule has 4 nitrogen and oxygen atoms in total. The highest BCUT2D eigenvalue weighted by Crippen LogP contribution is 2.29. The number of aromatic nitrogens is 2. The summed E-state index contributed by atoms with van der Waals surface area (Å²) in [4.78, 5) is 13.3. The van der Waals surface area contributed by atoms with Crippen LogP contribution in [0.15, 0.2) is 52.1 Å². The van der Waals surface area contributed by atoms with E-state index < -0.39 is 0 Å². The van der Waals surface area contributed by atoms with E-state index in [2.05, 4.69) is 15.5 Å². The van der Waals surface area contributed by atoms with E-state index in [4.69, 9.17) is 0 Å². The maximum absolute atomic E-state index is 12.2. The van der Waals surface area contributed by atoms with Gasteiger partial charge < -0.3 is 0 Å². The first kappa shape index (κ1) is 15.2. The van der Waals surface area contributed by atoms with Gasteiger partial charge in [-0.3, -0.25) is 10.1 Å². The lowest BCUT2D eigenvalue weighted by atomic mass is 10.4. The molecular formula is C15H13N3OS3. The van der Waals surface area contributed by atoms with E-state index in [9.17, 15) is 4.79 Å². The minimum Gasteiger partial charge on any atom is -0.300 e. The van der Waals surface area contributed by atoms with Crippen molar-refractivity contribution in [1.29, 1.82) is 0 Å². The third-order valence-corrected chi connectivity index (χ3v) is 5.53. The van der Waals surface area contributed by atoms with Crippen LogP contribution in [0.2, 0.25) is 0 Å². The second-order valence-corrected chi connectivity index (χ2v) is 7.66. The van der Waals surface area contributed by atoms with Crippen LogP contribution in [0.4, 0.5) is 5.13 Å². The number of amides is 1. The van der Waals surface area contributed by atoms with Crippen LogP contribution >= 0.6 is 34.4 Å². The quantitative estimate of drug-likeness (QED) is 0.696. The molecule has 1 unspecified atom stereocenters. The number of carbonyl (C=O) groups is 1. The number of thiophene rings is 1. The van der Waals surface area contributed by atoms with E-state index >= 15 is 0 Å². The van der Waals surface area contributed by atoms with Gasteiger partial charge in [0.1, 0.15) is 5.01 Å². The Morgan fingerprint density at radius 1 is 1.23 bits per heavy atom. The van der Waals surface area contributed by atoms with Gasteiger partial charge >= 0.3 is 0 Å². The molecule has 1 N–H and O–H groups in total. The van der Waals surface area contributed by atoms with E-state index in [1.165, 1.54) is 23.1 Å². The Morgan fingerprint density at radius 3 is 2.77 bits per heavy atom. The molecule has 2 aromatic heterocycles. The average molecular weight is 347 g/mol. The molecule has 0 fully saturated rings. The smallest absolute Gasteiger partial charge is 0.239 e. The number of hydrogen-bond acceptors (Lipinski definition) is 6. The number of rotatable bonds is 5. The van der Waals surface area contributed by atoms with Crippen LogP contribution in [-0.2, 0) is 4.79 Å². The molecule has 1 atom stereocenters. The Morgan fingerprint density at radius 2 is 2.05 bits per heavy atom. The number of thioether (sulfide) groups is 1. The predicted octanol–water partition coefficient (Wildman–Crippen LogP) is 4.39. The van der Waals surface area contributed by atoms with Gasteiger partial charge in [0.05, 0.1) is 5.25 Å². The Kier molecular flexibility index (Phi) is 4.87. The number of hydrogen-bond donors (Lipinski definition) is 1. The number of benzene rings is 1. The lowest BCUT2D eigenvalue weighted by Crippen LogP contribution is -2.22. The summed E-state index contributed by atoms with van der Waals surface area (Å²) in [6, 6.07) is 11.9. The van der Waals surface area contributed by atoms with Gasteiger partial charge in [-0.1, -0.05) is 29.5 Å². The van der Waals surface area contributed by atoms with Crippen molar-refractivity contribution in [3.63, 3.8) is 0 Å². The molecule has 1 amide bonds. The first-order valence-corrected chi connectivity index (χ1v) is 9.25. The molecule has 0 aliphatic rings. The highest BCUT2D eigenvalue weighted by atomic mass is 32.2. The summed E-state index contributed by atoms with van der Waals surface area (Å²) in [7, 11) is 0. The second-order valence-electron chi connectivity index (χ2n) is 4.49. The molecular weight excluding hydrogens is 334 g/mol. The molecule has 22 heavy (non-hydrogen) atoms. The SMILES string of the molecule is CC(Sc1ccccc1)C(=O)Nc1nnc(-c2ccsc2)s1. The van der Waals surface area contributed by atoms with E-state index in [0.717, 1.165) is 15.5 Å². The minimum atomic E-state index is -0.198. The summed E-state index contributed by atoms with van der Waals surface area (Å²) in [6.07, 6.45) is 0. The van der Waals surface area contributed by atoms with Crippen molar-refractivity contribution in [2.75, 3.05) is 5.32 Å². The Labute approximate surface area is 140 Å². The van der Waals surface area contributed by atoms with Crippen LogP contribution in [0.1, 0.15) is 6.92 Å². The highest BCUT2D eigenvalue weighted by Gasteiger charge is 2.16. The molecule has 0 bridgehead atoms. The van der Waals surface area contributed by atoms with Crippen molar-refractivity contribution >= 4 is 45.5 Å². The van der Waals surface area contributed by atoms with E-state index in [0.29, 0.717) is 5.13 Å². The number of nitrogens with zero attached hydrogens (tertiary/aromatic N) is 2. The molecule has 0 aliphatic carbocycles. The lowest BCUT2D eigenvalue weighted by molar-refractivity contribution is -0.115. The Bertz CT molecular complexity index is 741. The van der Waals surface area contributed by atoms with E-state index in [1.807, 2.05) is 54.1 Å². The van der Waals surface area contributed by atoms with Gasteiger partial charge in [-0.2, -0.15) is 11.3 Å². The van der Waals surface area contributed by atoms with Crippen LogP contribution in [0.5, 0.6) is 0 Å². The Balaban J connectivity index is 1.62. The maximum Gasteiger partial charge on any atom is 0.239 e. The van der Waals surface area contributed by atoms with Gasteiger partial charge in [-0.25, -0.2) is 0 Å². The van der Waals surface area contributed by atoms with Gasteiger partial charge in [-0.05, 0) is 30.5 Å². The number of nitrogens with one attached hydrogen (secondary N) is 1. The van der Waals surface area contributed by atoms with Gasteiger partial charge in [0.25, 0.3) is 0 Å². The predicted molar refractivity (Wildman–Crippen MR) is 93.6 cm³/mol. The van der Waals surface area contributed by atoms with E-state index in [-0.39, 0.29) is 11.2 Å². The molecule has 0 saturated carbocycles. The highest BCUT2D eigenvalue weighted by molar-refractivity contribution is 8.00. The van der Waals surface area contributed by atoms with Crippen molar-refractivity contribution < 1.29 is 4.79 Å². The molecule has 1 aromatic carbocycles. The fourth-order valence-corrected chi connectivity index (χ4v) is 4.09. The third kappa shape index (κ3) is 3.73. The molecule has 3 aromatic rings. The fourth-order valence-electron chi connectivity index (χ4n) is 1.74. The summed E-state index contributed by atoms with van der Waals surface area (Å²) < 4.78 is 0. The Hall–Kier alpha value is -1.70. The number of anilines is 1. The average Bonchev–Trinajstić information content (AvgIpc) is 3.19. The minimum absolute atomic E-state index is 0.0677. The molecule has 0 radical (unpaired) electrons. The summed E-state index contributed by atoms with van der Waals surface area (Å²) in [6.45, 7) is 1.88. The second kappa shape index (κ2) is 7.04. The van der Waals surface area contributed by atoms with E-state index in [1.54, 1.807) is 11.3 Å². The zero-order chi connectivity index (χ0) is 15.4. The summed E-state index contributed by atoms with van der Waals surface area (Å²) >= 11 is 4.52. The summed E-state index contributed by atoms with van der Waals surface area (Å²) in [5.41, 5.74) is 1.04. The van der Waals surface area contributed by atoms with Crippen molar-refractivity contribution in [2.45, 2.75) is 17.1 Å². The van der Waals surface area contributed by atoms with Crippen molar-refractivity contribution in [3.05, 3.63) is 47.2 Å². The van der Waals surface area contributed by atoms with Gasteiger partial charge in [-0.15, -0.1) is 22.0 Å². The number of carbonyl (C=O) groups excluding carboxylic acids is 1. The fraction of sp³-hybridized carbons (Fsp3) is 0.133. The largest absolute Gasteiger partial charge is 0.300 e. The van der Waals surface area contributed by atoms with Gasteiger partial charge in [0.15, 0.2) is 0 Å². The van der Waals surface area contributed by atoms with Crippen LogP contribution in [0.25, 0.3) is 10.6 Å². The van der Waals surface area contributed by atoms with Crippen molar-refractivity contribution in [1.82, 2.24) is 10.2 Å². The normalized spacial score (nSPS) is 12.0. The summed E-state index contributed by atoms with van der Waals surface area (Å²) in [5, 5.41) is 16.1.